The van der Waals surface area contributed by atoms with Crippen LogP contribution >= 0.6 is 0 Å². The first kappa shape index (κ1) is 24.1. The van der Waals surface area contributed by atoms with Crippen LogP contribution in [0.25, 0.3) is 0 Å². The normalized spacial score (nSPS) is 13.4. The lowest BCUT2D eigenvalue weighted by Crippen LogP contribution is -2.47. The molecular formula is C25H30N6O4. The van der Waals surface area contributed by atoms with Gasteiger partial charge in [0, 0.05) is 37.6 Å². The van der Waals surface area contributed by atoms with Gasteiger partial charge in [-0.15, -0.1) is 0 Å². The number of nitro groups is 1. The summed E-state index contributed by atoms with van der Waals surface area (Å²) in [4.78, 5) is 24.2. The summed E-state index contributed by atoms with van der Waals surface area (Å²) in [7, 11) is 1.64. The molecule has 0 saturated carbocycles. The van der Waals surface area contributed by atoms with Gasteiger partial charge in [-0.2, -0.15) is 0 Å². The van der Waals surface area contributed by atoms with Gasteiger partial charge in [0.25, 0.3) is 0 Å². The second-order valence-electron chi connectivity index (χ2n) is 8.18. The van der Waals surface area contributed by atoms with E-state index in [0.717, 1.165) is 43.1 Å². The molecule has 2 aromatic carbocycles. The van der Waals surface area contributed by atoms with Gasteiger partial charge in [-0.25, -0.2) is 9.97 Å². The molecule has 2 heterocycles. The van der Waals surface area contributed by atoms with Crippen LogP contribution in [-0.2, 0) is 0 Å². The van der Waals surface area contributed by atoms with Crippen LogP contribution in [0.15, 0.2) is 54.9 Å². The van der Waals surface area contributed by atoms with Crippen LogP contribution < -0.4 is 24.6 Å². The van der Waals surface area contributed by atoms with Crippen molar-refractivity contribution in [3.05, 3.63) is 65.0 Å². The van der Waals surface area contributed by atoms with Gasteiger partial charge in [0.15, 0.2) is 0 Å². The predicted octanol–water partition coefficient (Wildman–Crippen LogP) is 4.64. The summed E-state index contributed by atoms with van der Waals surface area (Å²) in [6, 6.07) is 15.2. The Morgan fingerprint density at radius 3 is 2.26 bits per heavy atom. The molecule has 0 aliphatic carbocycles. The van der Waals surface area contributed by atoms with Crippen molar-refractivity contribution in [3.63, 3.8) is 0 Å². The van der Waals surface area contributed by atoms with Crippen LogP contribution in [0.2, 0.25) is 0 Å². The maximum Gasteiger partial charge on any atom is 0.353 e. The highest BCUT2D eigenvalue weighted by Gasteiger charge is 2.29. The predicted molar refractivity (Wildman–Crippen MR) is 136 cm³/mol. The van der Waals surface area contributed by atoms with Gasteiger partial charge in [0.05, 0.1) is 18.6 Å². The van der Waals surface area contributed by atoms with Gasteiger partial charge in [-0.05, 0) is 55.0 Å². The highest BCUT2D eigenvalue weighted by atomic mass is 16.6. The standard InChI is InChI=1S/C25H30N6O4/c1-3-4-17-35-22-9-5-19(6-10-22)28-24-23(31(32)33)25(27-18-26-24)30-15-13-29(14-16-30)20-7-11-21(34-2)12-8-20/h5-12,18H,3-4,13-17H2,1-2H3,(H,26,27,28). The van der Waals surface area contributed by atoms with E-state index >= 15 is 0 Å². The fourth-order valence-corrected chi connectivity index (χ4v) is 3.94. The number of nitrogens with one attached hydrogen (secondary N) is 1. The molecule has 10 heteroatoms. The van der Waals surface area contributed by atoms with Crippen molar-refractivity contribution >= 4 is 28.7 Å². The minimum absolute atomic E-state index is 0.131. The summed E-state index contributed by atoms with van der Waals surface area (Å²) in [6.07, 6.45) is 3.42. The molecule has 0 bridgehead atoms. The van der Waals surface area contributed by atoms with Crippen LogP contribution in [0, 0.1) is 10.1 Å². The first-order chi connectivity index (χ1) is 17.1. The molecule has 4 rings (SSSR count). The molecule has 1 aliphatic rings. The summed E-state index contributed by atoms with van der Waals surface area (Å²) < 4.78 is 10.9. The van der Waals surface area contributed by atoms with E-state index in [1.165, 1.54) is 6.33 Å². The Morgan fingerprint density at radius 2 is 1.63 bits per heavy atom. The number of unbranched alkanes of at least 4 members (excludes halogenated alkanes) is 1. The third-order valence-electron chi connectivity index (χ3n) is 5.89. The second-order valence-corrected chi connectivity index (χ2v) is 8.18. The molecule has 1 aromatic heterocycles. The summed E-state index contributed by atoms with van der Waals surface area (Å²) in [5.74, 6) is 2.05. The fraction of sp³-hybridized carbons (Fsp3) is 0.360. The SMILES string of the molecule is CCCCOc1ccc(Nc2ncnc(N3CCN(c4ccc(OC)cc4)CC3)c2[N+](=O)[O-])cc1. The van der Waals surface area contributed by atoms with E-state index in [1.54, 1.807) is 7.11 Å². The van der Waals surface area contributed by atoms with Crippen molar-refractivity contribution in [1.29, 1.82) is 0 Å². The number of hydrogen-bond acceptors (Lipinski definition) is 9. The van der Waals surface area contributed by atoms with E-state index in [9.17, 15) is 10.1 Å². The average molecular weight is 479 g/mol. The van der Waals surface area contributed by atoms with E-state index in [-0.39, 0.29) is 11.5 Å². The number of methoxy groups -OCH3 is 1. The number of anilines is 4. The number of aromatic nitrogens is 2. The van der Waals surface area contributed by atoms with Gasteiger partial charge in [-0.3, -0.25) is 10.1 Å². The van der Waals surface area contributed by atoms with Crippen molar-refractivity contribution < 1.29 is 14.4 Å². The number of piperazine rings is 1. The Bertz CT molecular complexity index is 1120. The van der Waals surface area contributed by atoms with E-state index in [2.05, 4.69) is 27.1 Å². The summed E-state index contributed by atoms with van der Waals surface area (Å²) in [6.45, 7) is 5.42. The first-order valence-corrected chi connectivity index (χ1v) is 11.7. The lowest BCUT2D eigenvalue weighted by atomic mass is 10.2. The Kier molecular flexibility index (Phi) is 7.81. The van der Waals surface area contributed by atoms with E-state index in [1.807, 2.05) is 53.4 Å². The zero-order chi connectivity index (χ0) is 24.6. The molecule has 0 unspecified atom stereocenters. The third kappa shape index (κ3) is 5.89. The van der Waals surface area contributed by atoms with Crippen LogP contribution in [0.1, 0.15) is 19.8 Å². The molecule has 184 valence electrons. The van der Waals surface area contributed by atoms with Gasteiger partial charge >= 0.3 is 5.69 Å². The van der Waals surface area contributed by atoms with Crippen LogP contribution in [-0.4, -0.2) is 54.8 Å². The number of hydrogen-bond donors (Lipinski definition) is 1. The van der Waals surface area contributed by atoms with Gasteiger partial charge in [-0.1, -0.05) is 13.3 Å². The van der Waals surface area contributed by atoms with Crippen molar-refractivity contribution in [1.82, 2.24) is 9.97 Å². The largest absolute Gasteiger partial charge is 0.497 e. The summed E-state index contributed by atoms with van der Waals surface area (Å²) >= 11 is 0. The lowest BCUT2D eigenvalue weighted by molar-refractivity contribution is -0.383. The molecule has 1 N–H and O–H groups in total. The zero-order valence-electron chi connectivity index (χ0n) is 20.0. The van der Waals surface area contributed by atoms with E-state index in [4.69, 9.17) is 9.47 Å². The molecule has 0 spiro atoms. The topological polar surface area (TPSA) is 106 Å². The molecule has 0 radical (unpaired) electrons. The molecule has 35 heavy (non-hydrogen) atoms. The average Bonchev–Trinajstić information content (AvgIpc) is 2.90. The van der Waals surface area contributed by atoms with Crippen molar-refractivity contribution in [2.45, 2.75) is 19.8 Å². The van der Waals surface area contributed by atoms with Gasteiger partial charge in [0.1, 0.15) is 17.8 Å². The summed E-state index contributed by atoms with van der Waals surface area (Å²) in [5, 5.41) is 15.1. The zero-order valence-corrected chi connectivity index (χ0v) is 20.0. The Morgan fingerprint density at radius 1 is 0.971 bits per heavy atom. The highest BCUT2D eigenvalue weighted by molar-refractivity contribution is 5.74. The Balaban J connectivity index is 1.46. The van der Waals surface area contributed by atoms with Crippen molar-refractivity contribution in [3.8, 4) is 11.5 Å². The van der Waals surface area contributed by atoms with E-state index in [0.29, 0.717) is 31.2 Å². The Labute approximate surface area is 204 Å². The first-order valence-electron chi connectivity index (χ1n) is 11.7. The van der Waals surface area contributed by atoms with Crippen molar-refractivity contribution in [2.75, 3.05) is 55.0 Å². The molecule has 0 atom stereocenters. The number of rotatable bonds is 10. The molecule has 10 nitrogen and oxygen atoms in total. The van der Waals surface area contributed by atoms with Crippen LogP contribution in [0.5, 0.6) is 11.5 Å². The quantitative estimate of drug-likeness (QED) is 0.253. The fourth-order valence-electron chi connectivity index (χ4n) is 3.94. The van der Waals surface area contributed by atoms with Crippen LogP contribution in [0.4, 0.5) is 28.7 Å². The Hall–Kier alpha value is -4.08. The molecule has 0 amide bonds. The van der Waals surface area contributed by atoms with Gasteiger partial charge < -0.3 is 24.6 Å². The maximum atomic E-state index is 12.0. The summed E-state index contributed by atoms with van der Waals surface area (Å²) in [5.41, 5.74) is 1.64. The maximum absolute atomic E-state index is 12.0. The lowest BCUT2D eigenvalue weighted by Gasteiger charge is -2.36. The monoisotopic (exact) mass is 478 g/mol. The highest BCUT2D eigenvalue weighted by Crippen LogP contribution is 2.34. The van der Waals surface area contributed by atoms with Crippen LogP contribution in [0.3, 0.4) is 0 Å². The number of nitrogens with zero attached hydrogens (tertiary/aromatic N) is 5. The molecule has 3 aromatic rings. The molecule has 1 fully saturated rings. The minimum atomic E-state index is -0.421. The molecule has 1 aliphatic heterocycles. The molecular weight excluding hydrogens is 448 g/mol. The second kappa shape index (κ2) is 11.4. The number of benzene rings is 2. The minimum Gasteiger partial charge on any atom is -0.497 e. The van der Waals surface area contributed by atoms with Crippen molar-refractivity contribution in [2.24, 2.45) is 0 Å². The number of ether oxygens (including phenoxy) is 2. The smallest absolute Gasteiger partial charge is 0.353 e. The van der Waals surface area contributed by atoms with Gasteiger partial charge in [0.2, 0.25) is 11.6 Å². The van der Waals surface area contributed by atoms with E-state index < -0.39 is 4.92 Å². The third-order valence-corrected chi connectivity index (χ3v) is 5.89. The molecule has 1 saturated heterocycles.